The third-order valence-electron chi connectivity index (χ3n) is 3.25. The van der Waals surface area contributed by atoms with Crippen LogP contribution in [0.2, 0.25) is 0 Å². The third-order valence-corrected chi connectivity index (χ3v) is 5.05. The van der Waals surface area contributed by atoms with Gasteiger partial charge in [0.15, 0.2) is 0 Å². The lowest BCUT2D eigenvalue weighted by Gasteiger charge is -2.26. The van der Waals surface area contributed by atoms with Gasteiger partial charge in [0.1, 0.15) is 0 Å². The minimum absolute atomic E-state index is 0.00656. The number of benzene rings is 1. The van der Waals surface area contributed by atoms with Crippen molar-refractivity contribution in [3.63, 3.8) is 0 Å². The Morgan fingerprint density at radius 1 is 1.42 bits per heavy atom. The van der Waals surface area contributed by atoms with Crippen LogP contribution in [0.4, 0.5) is 0 Å². The Morgan fingerprint density at radius 2 is 2.16 bits per heavy atom. The van der Waals surface area contributed by atoms with E-state index in [-0.39, 0.29) is 5.91 Å². The topological polar surface area (TPSA) is 32.3 Å². The molecule has 0 aliphatic carbocycles. The van der Waals surface area contributed by atoms with E-state index in [1.165, 1.54) is 11.5 Å². The molecule has 104 valence electrons. The van der Waals surface area contributed by atoms with Crippen LogP contribution in [-0.2, 0) is 0 Å². The average Bonchev–Trinajstić information content (AvgIpc) is 2.43. The summed E-state index contributed by atoms with van der Waals surface area (Å²) in [5, 5.41) is 2.98. The first-order chi connectivity index (χ1) is 9.16. The van der Waals surface area contributed by atoms with Crippen molar-refractivity contribution in [2.24, 2.45) is 0 Å². The molecule has 2 rings (SSSR count). The van der Waals surface area contributed by atoms with Gasteiger partial charge in [0, 0.05) is 47.7 Å². The number of rotatable bonds is 4. The summed E-state index contributed by atoms with van der Waals surface area (Å²) in [7, 11) is 0. The number of hydrogen-bond acceptors (Lipinski definition) is 3. The van der Waals surface area contributed by atoms with Crippen molar-refractivity contribution in [2.75, 3.05) is 37.7 Å². The average molecular weight is 343 g/mol. The lowest BCUT2D eigenvalue weighted by atomic mass is 10.1. The fourth-order valence-electron chi connectivity index (χ4n) is 1.99. The lowest BCUT2D eigenvalue weighted by Crippen LogP contribution is -2.39. The van der Waals surface area contributed by atoms with Crippen LogP contribution < -0.4 is 5.32 Å². The standard InChI is InChI=1S/C14H19BrN2OS/c1-11-2-3-12(10-13(11)15)14(18)16-4-5-17-6-8-19-9-7-17/h2-3,10H,4-9H2,1H3,(H,16,18). The van der Waals surface area contributed by atoms with Gasteiger partial charge in [-0.15, -0.1) is 0 Å². The van der Waals surface area contributed by atoms with Crippen LogP contribution in [0.3, 0.4) is 0 Å². The van der Waals surface area contributed by atoms with Crippen LogP contribution in [0.15, 0.2) is 22.7 Å². The summed E-state index contributed by atoms with van der Waals surface area (Å²) in [4.78, 5) is 14.4. The largest absolute Gasteiger partial charge is 0.351 e. The summed E-state index contributed by atoms with van der Waals surface area (Å²) in [6.07, 6.45) is 0. The lowest BCUT2D eigenvalue weighted by molar-refractivity contribution is 0.0949. The molecule has 0 radical (unpaired) electrons. The molecule has 1 fully saturated rings. The third kappa shape index (κ3) is 4.51. The summed E-state index contributed by atoms with van der Waals surface area (Å²) >= 11 is 5.46. The number of nitrogens with one attached hydrogen (secondary N) is 1. The zero-order chi connectivity index (χ0) is 13.7. The fourth-order valence-corrected chi connectivity index (χ4v) is 3.35. The summed E-state index contributed by atoms with van der Waals surface area (Å²) in [6, 6.07) is 5.70. The summed E-state index contributed by atoms with van der Waals surface area (Å²) in [5.41, 5.74) is 1.86. The van der Waals surface area contributed by atoms with Crippen LogP contribution in [0.5, 0.6) is 0 Å². The molecule has 0 atom stereocenters. The van der Waals surface area contributed by atoms with Crippen molar-refractivity contribution < 1.29 is 4.79 Å². The van der Waals surface area contributed by atoms with Crippen molar-refractivity contribution in [3.05, 3.63) is 33.8 Å². The maximum Gasteiger partial charge on any atom is 0.251 e. The fraction of sp³-hybridized carbons (Fsp3) is 0.500. The highest BCUT2D eigenvalue weighted by atomic mass is 79.9. The Balaban J connectivity index is 1.78. The SMILES string of the molecule is Cc1ccc(C(=O)NCCN2CCSCC2)cc1Br. The molecule has 1 heterocycles. The van der Waals surface area contributed by atoms with E-state index in [2.05, 4.69) is 26.1 Å². The highest BCUT2D eigenvalue weighted by molar-refractivity contribution is 9.10. The van der Waals surface area contributed by atoms with Crippen molar-refractivity contribution in [2.45, 2.75) is 6.92 Å². The number of aryl methyl sites for hydroxylation is 1. The Bertz CT molecular complexity index is 447. The van der Waals surface area contributed by atoms with Crippen LogP contribution in [0.1, 0.15) is 15.9 Å². The molecule has 5 heteroatoms. The number of halogens is 1. The Labute approximate surface area is 127 Å². The second kappa shape index (κ2) is 7.31. The van der Waals surface area contributed by atoms with Crippen LogP contribution in [0.25, 0.3) is 0 Å². The Morgan fingerprint density at radius 3 is 2.84 bits per heavy atom. The molecule has 1 aliphatic rings. The van der Waals surface area contributed by atoms with Gasteiger partial charge in [0.2, 0.25) is 0 Å². The molecule has 19 heavy (non-hydrogen) atoms. The van der Waals surface area contributed by atoms with Gasteiger partial charge in [-0.25, -0.2) is 0 Å². The second-order valence-electron chi connectivity index (χ2n) is 4.67. The molecule has 1 amide bonds. The van der Waals surface area contributed by atoms with E-state index in [1.807, 2.05) is 36.9 Å². The number of hydrogen-bond donors (Lipinski definition) is 1. The predicted octanol–water partition coefficient (Wildman–Crippen LogP) is 2.54. The highest BCUT2D eigenvalue weighted by Gasteiger charge is 2.11. The van der Waals surface area contributed by atoms with Gasteiger partial charge in [-0.3, -0.25) is 9.69 Å². The number of carbonyl (C=O) groups excluding carboxylic acids is 1. The number of nitrogens with zero attached hydrogens (tertiary/aromatic N) is 1. The highest BCUT2D eigenvalue weighted by Crippen LogP contribution is 2.17. The van der Waals surface area contributed by atoms with Gasteiger partial charge in [0.25, 0.3) is 5.91 Å². The second-order valence-corrected chi connectivity index (χ2v) is 6.75. The molecule has 1 aliphatic heterocycles. The molecule has 0 aromatic heterocycles. The van der Waals surface area contributed by atoms with Gasteiger partial charge < -0.3 is 5.32 Å². The zero-order valence-corrected chi connectivity index (χ0v) is 13.5. The number of amides is 1. The molecular weight excluding hydrogens is 324 g/mol. The molecule has 1 N–H and O–H groups in total. The Kier molecular flexibility index (Phi) is 5.73. The van der Waals surface area contributed by atoms with E-state index >= 15 is 0 Å². The van der Waals surface area contributed by atoms with Gasteiger partial charge in [-0.05, 0) is 24.6 Å². The van der Waals surface area contributed by atoms with E-state index in [4.69, 9.17) is 0 Å². The first-order valence-corrected chi connectivity index (χ1v) is 8.46. The van der Waals surface area contributed by atoms with Crippen molar-refractivity contribution in [1.82, 2.24) is 10.2 Å². The first-order valence-electron chi connectivity index (χ1n) is 6.51. The van der Waals surface area contributed by atoms with Crippen LogP contribution >= 0.6 is 27.7 Å². The molecule has 0 unspecified atom stereocenters. The summed E-state index contributed by atoms with van der Waals surface area (Å²) in [5.74, 6) is 2.42. The van der Waals surface area contributed by atoms with Crippen LogP contribution in [-0.4, -0.2) is 48.5 Å². The molecule has 1 aromatic rings. The van der Waals surface area contributed by atoms with Gasteiger partial charge in [-0.2, -0.15) is 11.8 Å². The van der Waals surface area contributed by atoms with Gasteiger partial charge in [0.05, 0.1) is 0 Å². The monoisotopic (exact) mass is 342 g/mol. The molecule has 0 saturated carbocycles. The van der Waals surface area contributed by atoms with Crippen LogP contribution in [0, 0.1) is 6.92 Å². The molecule has 3 nitrogen and oxygen atoms in total. The number of carbonyl (C=O) groups is 1. The maximum atomic E-state index is 12.0. The normalized spacial score (nSPS) is 16.3. The first kappa shape index (κ1) is 14.9. The summed E-state index contributed by atoms with van der Waals surface area (Å²) < 4.78 is 0.980. The van der Waals surface area contributed by atoms with Gasteiger partial charge in [-0.1, -0.05) is 22.0 Å². The number of thioether (sulfide) groups is 1. The van der Waals surface area contributed by atoms with E-state index in [0.29, 0.717) is 5.56 Å². The van der Waals surface area contributed by atoms with E-state index in [9.17, 15) is 4.79 Å². The predicted molar refractivity (Wildman–Crippen MR) is 85.0 cm³/mol. The van der Waals surface area contributed by atoms with Crippen molar-refractivity contribution in [3.8, 4) is 0 Å². The van der Waals surface area contributed by atoms with Gasteiger partial charge >= 0.3 is 0 Å². The zero-order valence-electron chi connectivity index (χ0n) is 11.1. The molecule has 0 spiro atoms. The quantitative estimate of drug-likeness (QED) is 0.912. The molecular formula is C14H19BrN2OS. The summed E-state index contributed by atoms with van der Waals surface area (Å²) in [6.45, 7) is 5.95. The van der Waals surface area contributed by atoms with E-state index < -0.39 is 0 Å². The minimum Gasteiger partial charge on any atom is -0.351 e. The van der Waals surface area contributed by atoms with E-state index in [0.717, 1.165) is 36.2 Å². The van der Waals surface area contributed by atoms with Crippen molar-refractivity contribution >= 4 is 33.6 Å². The van der Waals surface area contributed by atoms with Crippen molar-refractivity contribution in [1.29, 1.82) is 0 Å². The Hall–Kier alpha value is -0.520. The molecule has 1 aromatic carbocycles. The molecule has 1 saturated heterocycles. The molecule has 0 bridgehead atoms. The van der Waals surface area contributed by atoms with E-state index in [1.54, 1.807) is 0 Å². The smallest absolute Gasteiger partial charge is 0.251 e. The minimum atomic E-state index is 0.00656. The maximum absolute atomic E-state index is 12.0.